The average Bonchev–Trinajstić information content (AvgIpc) is 3.34. The Balaban J connectivity index is 1.55. The van der Waals surface area contributed by atoms with Crippen LogP contribution in [0.15, 0.2) is 53.7 Å². The number of anilines is 1. The number of hydrogen-bond acceptors (Lipinski definition) is 7. The number of aromatic nitrogens is 4. The van der Waals surface area contributed by atoms with Gasteiger partial charge in [0.25, 0.3) is 0 Å². The highest BCUT2D eigenvalue weighted by Crippen LogP contribution is 2.31. The number of methoxy groups -OCH3 is 1. The van der Waals surface area contributed by atoms with E-state index in [0.717, 1.165) is 23.0 Å². The fourth-order valence-corrected chi connectivity index (χ4v) is 4.32. The monoisotopic (exact) mass is 491 g/mol. The van der Waals surface area contributed by atoms with Crippen LogP contribution in [-0.4, -0.2) is 38.2 Å². The first-order chi connectivity index (χ1) is 16.8. The van der Waals surface area contributed by atoms with Crippen molar-refractivity contribution in [1.29, 1.82) is 5.26 Å². The lowest BCUT2D eigenvalue weighted by atomic mass is 10.2. The third-order valence-corrected chi connectivity index (χ3v) is 6.46. The molecule has 1 amide bonds. The second-order valence-corrected chi connectivity index (χ2v) is 8.51. The lowest BCUT2D eigenvalue weighted by Gasteiger charge is -2.13. The molecule has 0 aliphatic rings. The second-order valence-electron chi connectivity index (χ2n) is 7.57. The Morgan fingerprint density at radius 2 is 1.91 bits per heavy atom. The van der Waals surface area contributed by atoms with Crippen molar-refractivity contribution in [1.82, 2.24) is 19.4 Å². The summed E-state index contributed by atoms with van der Waals surface area (Å²) in [6.45, 7) is 3.63. The largest absolute Gasteiger partial charge is 0.496 e. The van der Waals surface area contributed by atoms with Gasteiger partial charge in [-0.05, 0) is 55.8 Å². The molecule has 0 unspecified atom stereocenters. The number of carbonyl (C=O) groups is 1. The Labute approximate surface area is 205 Å². The van der Waals surface area contributed by atoms with Crippen molar-refractivity contribution in [3.05, 3.63) is 71.2 Å². The summed E-state index contributed by atoms with van der Waals surface area (Å²) in [5.41, 5.74) is 3.12. The fourth-order valence-electron chi connectivity index (χ4n) is 3.66. The first-order valence-electron chi connectivity index (χ1n) is 10.5. The number of nitrogen functional groups attached to an aromatic ring is 1. The Kier molecular flexibility index (Phi) is 6.75. The van der Waals surface area contributed by atoms with Crippen molar-refractivity contribution in [3.63, 3.8) is 0 Å². The minimum atomic E-state index is -0.379. The molecule has 4 aromatic rings. The van der Waals surface area contributed by atoms with E-state index in [-0.39, 0.29) is 17.5 Å². The maximum absolute atomic E-state index is 13.4. The Morgan fingerprint density at radius 3 is 2.60 bits per heavy atom. The van der Waals surface area contributed by atoms with E-state index in [1.54, 1.807) is 36.8 Å². The average molecular weight is 492 g/mol. The number of thioether (sulfide) groups is 1. The van der Waals surface area contributed by atoms with Gasteiger partial charge in [0.05, 0.1) is 24.0 Å². The van der Waals surface area contributed by atoms with E-state index in [0.29, 0.717) is 39.4 Å². The zero-order chi connectivity index (χ0) is 25.1. The number of nitrogens with zero attached hydrogens (tertiary/aromatic N) is 5. The number of halogens is 1. The van der Waals surface area contributed by atoms with E-state index >= 15 is 0 Å². The van der Waals surface area contributed by atoms with Crippen LogP contribution in [-0.2, 0) is 4.79 Å². The Hall–Kier alpha value is -4.30. The van der Waals surface area contributed by atoms with Crippen LogP contribution < -0.4 is 15.9 Å². The number of nitrogens with two attached hydrogens (primary N) is 1. The molecule has 0 saturated heterocycles. The van der Waals surface area contributed by atoms with Crippen LogP contribution in [0.4, 0.5) is 10.2 Å². The van der Waals surface area contributed by atoms with Crippen molar-refractivity contribution in [2.24, 2.45) is 0 Å². The van der Waals surface area contributed by atoms with Crippen LogP contribution in [0.2, 0.25) is 0 Å². The zero-order valence-corrected chi connectivity index (χ0v) is 20.1. The van der Waals surface area contributed by atoms with Gasteiger partial charge in [0, 0.05) is 11.4 Å². The lowest BCUT2D eigenvalue weighted by molar-refractivity contribution is -0.113. The van der Waals surface area contributed by atoms with Crippen LogP contribution in [0.1, 0.15) is 16.8 Å². The number of benzene rings is 2. The summed E-state index contributed by atoms with van der Waals surface area (Å²) in [5.74, 6) is 6.72. The van der Waals surface area contributed by atoms with Gasteiger partial charge in [0.2, 0.25) is 11.1 Å². The molecule has 0 aliphatic heterocycles. The molecule has 0 fully saturated rings. The third-order valence-electron chi connectivity index (χ3n) is 5.51. The maximum atomic E-state index is 13.4. The molecule has 9 nitrogen and oxygen atoms in total. The van der Waals surface area contributed by atoms with E-state index in [2.05, 4.69) is 21.6 Å². The van der Waals surface area contributed by atoms with Gasteiger partial charge in [-0.3, -0.25) is 9.36 Å². The molecule has 0 spiro atoms. The van der Waals surface area contributed by atoms with Crippen LogP contribution in [0.5, 0.6) is 5.75 Å². The maximum Gasteiger partial charge on any atom is 0.236 e. The molecule has 11 heteroatoms. The molecule has 3 N–H and O–H groups in total. The van der Waals surface area contributed by atoms with E-state index < -0.39 is 0 Å². The van der Waals surface area contributed by atoms with Gasteiger partial charge in [-0.15, -0.1) is 10.2 Å². The number of nitrogens with one attached hydrogen (secondary N) is 1. The summed E-state index contributed by atoms with van der Waals surface area (Å²) >= 11 is 1.10. The van der Waals surface area contributed by atoms with E-state index in [4.69, 9.17) is 10.6 Å². The Bertz CT molecular complexity index is 1440. The molecule has 178 valence electrons. The number of para-hydroxylation sites is 1. The zero-order valence-electron chi connectivity index (χ0n) is 19.2. The number of amides is 1. The Morgan fingerprint density at radius 1 is 1.20 bits per heavy atom. The molecule has 35 heavy (non-hydrogen) atoms. The highest BCUT2D eigenvalue weighted by atomic mass is 32.2. The van der Waals surface area contributed by atoms with E-state index in [1.807, 2.05) is 25.1 Å². The molecular formula is C24H22FN7O2S. The molecular weight excluding hydrogens is 469 g/mol. The van der Waals surface area contributed by atoms with Gasteiger partial charge in [0.15, 0.2) is 5.82 Å². The summed E-state index contributed by atoms with van der Waals surface area (Å²) in [5, 5.41) is 21.1. The van der Waals surface area contributed by atoms with Gasteiger partial charge in [-0.25, -0.2) is 9.07 Å². The number of ether oxygens (including phenoxy) is 1. The molecule has 4 rings (SSSR count). The van der Waals surface area contributed by atoms with Crippen LogP contribution in [0.25, 0.3) is 17.1 Å². The predicted octanol–water partition coefficient (Wildman–Crippen LogP) is 3.82. The predicted molar refractivity (Wildman–Crippen MR) is 131 cm³/mol. The summed E-state index contributed by atoms with van der Waals surface area (Å²) in [6, 6.07) is 15.2. The second kappa shape index (κ2) is 9.90. The number of nitriles is 1. The van der Waals surface area contributed by atoms with Crippen LogP contribution >= 0.6 is 11.8 Å². The van der Waals surface area contributed by atoms with Gasteiger partial charge < -0.3 is 15.9 Å². The van der Waals surface area contributed by atoms with Gasteiger partial charge >= 0.3 is 0 Å². The normalized spacial score (nSPS) is 10.7. The molecule has 0 saturated carbocycles. The van der Waals surface area contributed by atoms with Crippen molar-refractivity contribution in [2.75, 3.05) is 24.0 Å². The summed E-state index contributed by atoms with van der Waals surface area (Å²) < 4.78 is 21.8. The van der Waals surface area contributed by atoms with E-state index in [9.17, 15) is 14.4 Å². The summed E-state index contributed by atoms with van der Waals surface area (Å²) in [7, 11) is 1.55. The highest BCUT2D eigenvalue weighted by molar-refractivity contribution is 7.99. The fraction of sp³-hybridized carbons (Fsp3) is 0.167. The van der Waals surface area contributed by atoms with Gasteiger partial charge in [0.1, 0.15) is 23.5 Å². The molecule has 0 bridgehead atoms. The van der Waals surface area contributed by atoms with Gasteiger partial charge in [-0.1, -0.05) is 23.9 Å². The number of hydrogen-bond donors (Lipinski definition) is 2. The number of carbonyl (C=O) groups excluding carboxylic acids is 1. The summed E-state index contributed by atoms with van der Waals surface area (Å²) in [4.78, 5) is 12.9. The topological polar surface area (TPSA) is 124 Å². The molecule has 0 aliphatic carbocycles. The smallest absolute Gasteiger partial charge is 0.236 e. The third kappa shape index (κ3) is 4.56. The standard InChI is InChI=1S/C24H22FN7O2S/c1-14-15(2)31(17-10-8-16(25)9-11-17)22(19(14)12-26)28-21(33)13-35-24-30-29-23(32(24)27)18-6-4-5-7-20(18)34-3/h4-11H,13,27H2,1-3H3,(H,28,33). The van der Waals surface area contributed by atoms with Crippen molar-refractivity contribution in [2.45, 2.75) is 19.0 Å². The molecule has 0 radical (unpaired) electrons. The minimum absolute atomic E-state index is 0.0289. The lowest BCUT2D eigenvalue weighted by Crippen LogP contribution is -2.19. The first-order valence-corrected chi connectivity index (χ1v) is 11.5. The van der Waals surface area contributed by atoms with Crippen molar-refractivity contribution < 1.29 is 13.9 Å². The van der Waals surface area contributed by atoms with Crippen molar-refractivity contribution >= 4 is 23.5 Å². The molecule has 2 aromatic carbocycles. The minimum Gasteiger partial charge on any atom is -0.496 e. The molecule has 2 heterocycles. The molecule has 2 aromatic heterocycles. The van der Waals surface area contributed by atoms with Crippen molar-refractivity contribution in [3.8, 4) is 28.9 Å². The van der Waals surface area contributed by atoms with E-state index in [1.165, 1.54) is 16.8 Å². The molecule has 0 atom stereocenters. The number of rotatable bonds is 7. The SMILES string of the molecule is COc1ccccc1-c1nnc(SCC(=O)Nc2c(C#N)c(C)c(C)n2-c2ccc(F)cc2)n1N. The quantitative estimate of drug-likeness (QED) is 0.298. The highest BCUT2D eigenvalue weighted by Gasteiger charge is 2.22. The first kappa shape index (κ1) is 23.8. The van der Waals surface area contributed by atoms with Crippen LogP contribution in [0.3, 0.4) is 0 Å². The van der Waals surface area contributed by atoms with Crippen LogP contribution in [0, 0.1) is 31.0 Å². The van der Waals surface area contributed by atoms with Gasteiger partial charge in [-0.2, -0.15) is 5.26 Å². The summed E-state index contributed by atoms with van der Waals surface area (Å²) in [6.07, 6.45) is 0.